The molecule has 0 unspecified atom stereocenters. The number of halogens is 1. The van der Waals surface area contributed by atoms with Gasteiger partial charge in [0.1, 0.15) is 5.82 Å². The predicted octanol–water partition coefficient (Wildman–Crippen LogP) is 4.64. The molecule has 6 nitrogen and oxygen atoms in total. The van der Waals surface area contributed by atoms with Crippen molar-refractivity contribution in [1.29, 1.82) is 0 Å². The molecule has 1 aliphatic heterocycles. The van der Waals surface area contributed by atoms with E-state index < -0.39 is 10.0 Å². The lowest BCUT2D eigenvalue weighted by atomic mass is 10.0. The van der Waals surface area contributed by atoms with Crippen molar-refractivity contribution in [3.05, 3.63) is 94.8 Å². The second kappa shape index (κ2) is 10.6. The summed E-state index contributed by atoms with van der Waals surface area (Å²) in [5.41, 5.74) is 3.90. The van der Waals surface area contributed by atoms with E-state index in [4.69, 9.17) is 0 Å². The van der Waals surface area contributed by atoms with E-state index in [1.807, 2.05) is 19.9 Å². The number of rotatable bonds is 7. The number of carbonyl (C=O) groups is 1. The third kappa shape index (κ3) is 6.26. The maximum Gasteiger partial charge on any atom is 0.261 e. The predicted molar refractivity (Wildman–Crippen MR) is 135 cm³/mol. The van der Waals surface area contributed by atoms with Gasteiger partial charge in [0.25, 0.3) is 15.9 Å². The van der Waals surface area contributed by atoms with Crippen LogP contribution in [0, 0.1) is 19.7 Å². The molecule has 0 aromatic heterocycles. The first-order chi connectivity index (χ1) is 16.7. The number of nitrogens with one attached hydrogen (secondary N) is 2. The highest BCUT2D eigenvalue weighted by Gasteiger charge is 2.22. The summed E-state index contributed by atoms with van der Waals surface area (Å²) in [7, 11) is -3.76. The van der Waals surface area contributed by atoms with Crippen molar-refractivity contribution >= 4 is 21.6 Å². The molecular formula is C27H30FN3O3S. The van der Waals surface area contributed by atoms with E-state index in [2.05, 4.69) is 14.9 Å². The van der Waals surface area contributed by atoms with Crippen LogP contribution in [0.2, 0.25) is 0 Å². The minimum Gasteiger partial charge on any atom is -0.349 e. The fraction of sp³-hybridized carbons (Fsp3) is 0.296. The Morgan fingerprint density at radius 3 is 2.29 bits per heavy atom. The molecule has 1 fully saturated rings. The van der Waals surface area contributed by atoms with Gasteiger partial charge in [0, 0.05) is 31.2 Å². The number of carbonyl (C=O) groups excluding carboxylic acids is 1. The van der Waals surface area contributed by atoms with E-state index in [-0.39, 0.29) is 22.7 Å². The summed E-state index contributed by atoms with van der Waals surface area (Å²) in [4.78, 5) is 15.1. The zero-order valence-corrected chi connectivity index (χ0v) is 20.7. The van der Waals surface area contributed by atoms with E-state index in [9.17, 15) is 17.6 Å². The molecule has 2 N–H and O–H groups in total. The second-order valence-corrected chi connectivity index (χ2v) is 10.7. The molecule has 1 saturated heterocycles. The van der Waals surface area contributed by atoms with Gasteiger partial charge in [0.15, 0.2) is 0 Å². The number of piperidine rings is 1. The van der Waals surface area contributed by atoms with Crippen LogP contribution in [0.5, 0.6) is 0 Å². The highest BCUT2D eigenvalue weighted by molar-refractivity contribution is 7.92. The summed E-state index contributed by atoms with van der Waals surface area (Å²) in [5, 5.41) is 3.06. The molecule has 184 valence electrons. The summed E-state index contributed by atoms with van der Waals surface area (Å²) in [5.74, 6) is -0.452. The number of likely N-dealkylation sites (tertiary alicyclic amines) is 1. The Hall–Kier alpha value is -3.23. The maximum atomic E-state index is 13.1. The standard InChI is InChI=1S/C27H30FN3O3S/c1-19-4-3-5-26(20(19)2)30-35(33,34)25-12-8-22(9-13-25)27(32)29-24-14-16-31(17-15-24)18-21-6-10-23(28)11-7-21/h3-13,24,30H,14-18H2,1-2H3,(H,29,32). The Bertz CT molecular complexity index is 1280. The maximum absolute atomic E-state index is 13.1. The largest absolute Gasteiger partial charge is 0.349 e. The van der Waals surface area contributed by atoms with Crippen LogP contribution < -0.4 is 10.0 Å². The first-order valence-corrected chi connectivity index (χ1v) is 13.2. The molecule has 8 heteroatoms. The van der Waals surface area contributed by atoms with Crippen LogP contribution in [-0.4, -0.2) is 38.4 Å². The Morgan fingerprint density at radius 1 is 0.971 bits per heavy atom. The minimum absolute atomic E-state index is 0.0568. The average molecular weight is 496 g/mol. The van der Waals surface area contributed by atoms with Crippen LogP contribution in [0.1, 0.15) is 39.9 Å². The van der Waals surface area contributed by atoms with Gasteiger partial charge in [0.05, 0.1) is 10.6 Å². The van der Waals surface area contributed by atoms with Crippen molar-refractivity contribution in [2.24, 2.45) is 0 Å². The van der Waals surface area contributed by atoms with E-state index in [1.165, 1.54) is 36.4 Å². The summed E-state index contributed by atoms with van der Waals surface area (Å²) in [6.07, 6.45) is 1.64. The molecular weight excluding hydrogens is 465 g/mol. The smallest absolute Gasteiger partial charge is 0.261 e. The summed E-state index contributed by atoms with van der Waals surface area (Å²) in [6.45, 7) is 6.23. The third-order valence-corrected chi connectivity index (χ3v) is 7.90. The lowest BCUT2D eigenvalue weighted by molar-refractivity contribution is 0.0909. The summed E-state index contributed by atoms with van der Waals surface area (Å²) in [6, 6.07) is 18.0. The Morgan fingerprint density at radius 2 is 1.63 bits per heavy atom. The minimum atomic E-state index is -3.76. The van der Waals surface area contributed by atoms with Crippen molar-refractivity contribution in [3.8, 4) is 0 Å². The number of aryl methyl sites for hydroxylation is 1. The normalized spacial score (nSPS) is 15.1. The van der Waals surface area contributed by atoms with Gasteiger partial charge in [-0.25, -0.2) is 12.8 Å². The second-order valence-electron chi connectivity index (χ2n) is 9.03. The molecule has 1 amide bonds. The van der Waals surface area contributed by atoms with Gasteiger partial charge in [0.2, 0.25) is 0 Å². The van der Waals surface area contributed by atoms with Gasteiger partial charge >= 0.3 is 0 Å². The molecule has 35 heavy (non-hydrogen) atoms. The van der Waals surface area contributed by atoms with Crippen LogP contribution in [-0.2, 0) is 16.6 Å². The number of nitrogens with zero attached hydrogens (tertiary/aromatic N) is 1. The molecule has 1 heterocycles. The summed E-state index contributed by atoms with van der Waals surface area (Å²) < 4.78 is 41.3. The highest BCUT2D eigenvalue weighted by atomic mass is 32.2. The molecule has 0 atom stereocenters. The number of hydrogen-bond acceptors (Lipinski definition) is 4. The Kier molecular flexibility index (Phi) is 7.52. The number of sulfonamides is 1. The Balaban J connectivity index is 1.31. The quantitative estimate of drug-likeness (QED) is 0.501. The highest BCUT2D eigenvalue weighted by Crippen LogP contribution is 2.22. The zero-order chi connectivity index (χ0) is 25.0. The van der Waals surface area contributed by atoms with Crippen molar-refractivity contribution in [1.82, 2.24) is 10.2 Å². The van der Waals surface area contributed by atoms with E-state index in [1.54, 1.807) is 24.3 Å². The van der Waals surface area contributed by atoms with Gasteiger partial charge in [-0.05, 0) is 85.8 Å². The van der Waals surface area contributed by atoms with Crippen LogP contribution >= 0.6 is 0 Å². The first-order valence-electron chi connectivity index (χ1n) is 11.7. The molecule has 0 aliphatic carbocycles. The topological polar surface area (TPSA) is 78.5 Å². The SMILES string of the molecule is Cc1cccc(NS(=O)(=O)c2ccc(C(=O)NC3CCN(Cc4ccc(F)cc4)CC3)cc2)c1C. The number of anilines is 1. The zero-order valence-electron chi connectivity index (χ0n) is 19.9. The molecule has 0 saturated carbocycles. The van der Waals surface area contributed by atoms with Gasteiger partial charge < -0.3 is 5.32 Å². The van der Waals surface area contributed by atoms with E-state index in [0.29, 0.717) is 11.3 Å². The lowest BCUT2D eigenvalue weighted by Gasteiger charge is -2.32. The average Bonchev–Trinajstić information content (AvgIpc) is 2.84. The molecule has 0 bridgehead atoms. The fourth-order valence-electron chi connectivity index (χ4n) is 4.20. The fourth-order valence-corrected chi connectivity index (χ4v) is 5.33. The van der Waals surface area contributed by atoms with Crippen LogP contribution in [0.25, 0.3) is 0 Å². The van der Waals surface area contributed by atoms with Gasteiger partial charge in [-0.15, -0.1) is 0 Å². The van der Waals surface area contributed by atoms with Crippen molar-refractivity contribution < 1.29 is 17.6 Å². The lowest BCUT2D eigenvalue weighted by Crippen LogP contribution is -2.44. The van der Waals surface area contributed by atoms with Gasteiger partial charge in [-0.2, -0.15) is 0 Å². The molecule has 3 aromatic rings. The van der Waals surface area contributed by atoms with Crippen LogP contribution in [0.4, 0.5) is 10.1 Å². The number of amides is 1. The molecule has 4 rings (SSSR count). The summed E-state index contributed by atoms with van der Waals surface area (Å²) >= 11 is 0. The molecule has 0 spiro atoms. The van der Waals surface area contributed by atoms with Crippen LogP contribution in [0.15, 0.2) is 71.6 Å². The van der Waals surface area contributed by atoms with E-state index >= 15 is 0 Å². The monoisotopic (exact) mass is 495 g/mol. The van der Waals surface area contributed by atoms with E-state index in [0.717, 1.165) is 49.2 Å². The molecule has 3 aromatic carbocycles. The van der Waals surface area contributed by atoms with Gasteiger partial charge in [-0.1, -0.05) is 24.3 Å². The number of hydrogen-bond donors (Lipinski definition) is 2. The Labute approximate surface area is 206 Å². The molecule has 1 aliphatic rings. The molecule has 0 radical (unpaired) electrons. The number of benzene rings is 3. The van der Waals surface area contributed by atoms with Crippen LogP contribution in [0.3, 0.4) is 0 Å². The van der Waals surface area contributed by atoms with Gasteiger partial charge in [-0.3, -0.25) is 14.4 Å². The van der Waals surface area contributed by atoms with Crippen molar-refractivity contribution in [2.75, 3.05) is 17.8 Å². The van der Waals surface area contributed by atoms with Crippen molar-refractivity contribution in [2.45, 2.75) is 44.2 Å². The third-order valence-electron chi connectivity index (χ3n) is 6.52. The van der Waals surface area contributed by atoms with Crippen molar-refractivity contribution in [3.63, 3.8) is 0 Å². The first kappa shape index (κ1) is 24.9.